The van der Waals surface area contributed by atoms with E-state index in [1.807, 2.05) is 39.9 Å². The molecule has 0 unspecified atom stereocenters. The number of hydrogen-bond donors (Lipinski definition) is 0. The van der Waals surface area contributed by atoms with Crippen LogP contribution in [-0.4, -0.2) is 39.8 Å². The van der Waals surface area contributed by atoms with Crippen LogP contribution in [0.3, 0.4) is 0 Å². The Hall–Kier alpha value is -2.84. The average Bonchev–Trinajstić information content (AvgIpc) is 3.49. The van der Waals surface area contributed by atoms with Crippen molar-refractivity contribution in [2.24, 2.45) is 0 Å². The third kappa shape index (κ3) is 5.14. The molecular weight excluding hydrogens is 440 g/mol. The van der Waals surface area contributed by atoms with Crippen molar-refractivity contribution in [1.82, 2.24) is 14.5 Å². The molecule has 2 aromatic carbocycles. The highest BCUT2D eigenvalue weighted by atomic mass is 32.2. The topological polar surface area (TPSA) is 60.2 Å². The second-order valence-corrected chi connectivity index (χ2v) is 9.56. The van der Waals surface area contributed by atoms with Crippen molar-refractivity contribution in [1.29, 1.82) is 0 Å². The summed E-state index contributed by atoms with van der Waals surface area (Å²) in [6.07, 6.45) is 6.34. The quantitative estimate of drug-likeness (QED) is 0.312. The summed E-state index contributed by atoms with van der Waals surface area (Å²) in [6, 6.07) is 12.0. The normalized spacial score (nSPS) is 11.1. The van der Waals surface area contributed by atoms with E-state index in [0.717, 1.165) is 44.5 Å². The van der Waals surface area contributed by atoms with Crippen LogP contribution < -0.4 is 9.64 Å². The standard InChI is InChI=1S/C24H26N4O2S2/c1-17-5-6-18(2)23-22(17)26-24(32-23)28(13-4-12-27-14-11-25-16-27)21(29)15-31-20-9-7-19(30-3)8-10-20/h5-11,14,16H,4,12-13,15H2,1-3H3. The van der Waals surface area contributed by atoms with E-state index in [0.29, 0.717) is 12.3 Å². The number of fused-ring (bicyclic) bond motifs is 1. The number of anilines is 1. The minimum Gasteiger partial charge on any atom is -0.497 e. The van der Waals surface area contributed by atoms with Gasteiger partial charge >= 0.3 is 0 Å². The fraction of sp³-hybridized carbons (Fsp3) is 0.292. The van der Waals surface area contributed by atoms with Gasteiger partial charge in [0.2, 0.25) is 5.91 Å². The van der Waals surface area contributed by atoms with E-state index in [-0.39, 0.29) is 5.91 Å². The van der Waals surface area contributed by atoms with Crippen LogP contribution in [0.5, 0.6) is 5.75 Å². The zero-order valence-corrected chi connectivity index (χ0v) is 20.1. The smallest absolute Gasteiger partial charge is 0.239 e. The molecule has 0 atom stereocenters. The number of thiazole rings is 1. The van der Waals surface area contributed by atoms with Crippen molar-refractivity contribution in [2.45, 2.75) is 31.7 Å². The monoisotopic (exact) mass is 466 g/mol. The largest absolute Gasteiger partial charge is 0.497 e. The number of benzene rings is 2. The second kappa shape index (κ2) is 10.2. The van der Waals surface area contributed by atoms with Gasteiger partial charge in [0.05, 0.1) is 29.4 Å². The molecule has 0 aliphatic carbocycles. The zero-order chi connectivity index (χ0) is 22.5. The highest BCUT2D eigenvalue weighted by Crippen LogP contribution is 2.34. The van der Waals surface area contributed by atoms with Gasteiger partial charge in [0, 0.05) is 30.4 Å². The van der Waals surface area contributed by atoms with Crippen LogP contribution >= 0.6 is 23.1 Å². The van der Waals surface area contributed by atoms with Gasteiger partial charge in [-0.2, -0.15) is 0 Å². The van der Waals surface area contributed by atoms with Gasteiger partial charge < -0.3 is 9.30 Å². The van der Waals surface area contributed by atoms with Gasteiger partial charge in [0.15, 0.2) is 5.13 Å². The van der Waals surface area contributed by atoms with Gasteiger partial charge in [-0.15, -0.1) is 11.8 Å². The molecule has 0 aliphatic rings. The van der Waals surface area contributed by atoms with Crippen molar-refractivity contribution in [3.63, 3.8) is 0 Å². The van der Waals surface area contributed by atoms with Gasteiger partial charge in [-0.05, 0) is 55.7 Å². The minimum absolute atomic E-state index is 0.0609. The van der Waals surface area contributed by atoms with Gasteiger partial charge in [-0.25, -0.2) is 9.97 Å². The van der Waals surface area contributed by atoms with Crippen LogP contribution in [0.15, 0.2) is 60.0 Å². The van der Waals surface area contributed by atoms with Crippen molar-refractivity contribution in [3.8, 4) is 5.75 Å². The number of amides is 1. The van der Waals surface area contributed by atoms with E-state index in [2.05, 4.69) is 31.0 Å². The predicted molar refractivity (Wildman–Crippen MR) is 132 cm³/mol. The molecule has 0 saturated carbocycles. The molecule has 0 spiro atoms. The lowest BCUT2D eigenvalue weighted by Crippen LogP contribution is -2.33. The Morgan fingerprint density at radius 3 is 2.62 bits per heavy atom. The molecule has 0 N–H and O–H groups in total. The van der Waals surface area contributed by atoms with Crippen molar-refractivity contribution in [2.75, 3.05) is 24.3 Å². The Labute approximate surface area is 196 Å². The van der Waals surface area contributed by atoms with Gasteiger partial charge in [0.1, 0.15) is 5.75 Å². The first-order valence-electron chi connectivity index (χ1n) is 10.4. The van der Waals surface area contributed by atoms with E-state index in [9.17, 15) is 4.79 Å². The molecule has 4 rings (SSSR count). The number of imidazole rings is 1. The lowest BCUT2D eigenvalue weighted by molar-refractivity contribution is -0.116. The van der Waals surface area contributed by atoms with Crippen LogP contribution in [-0.2, 0) is 11.3 Å². The number of aryl methyl sites for hydroxylation is 3. The lowest BCUT2D eigenvalue weighted by Gasteiger charge is -2.20. The first-order chi connectivity index (χ1) is 15.5. The maximum Gasteiger partial charge on any atom is 0.239 e. The molecular formula is C24H26N4O2S2. The molecule has 32 heavy (non-hydrogen) atoms. The van der Waals surface area contributed by atoms with Gasteiger partial charge in [-0.3, -0.25) is 9.69 Å². The van der Waals surface area contributed by atoms with E-state index in [4.69, 9.17) is 9.72 Å². The highest BCUT2D eigenvalue weighted by Gasteiger charge is 2.21. The van der Waals surface area contributed by atoms with Gasteiger partial charge in [-0.1, -0.05) is 23.5 Å². The van der Waals surface area contributed by atoms with Gasteiger partial charge in [0.25, 0.3) is 0 Å². The Balaban J connectivity index is 1.52. The van der Waals surface area contributed by atoms with Crippen LogP contribution in [0.2, 0.25) is 0 Å². The minimum atomic E-state index is 0.0609. The fourth-order valence-electron chi connectivity index (χ4n) is 3.42. The molecule has 6 nitrogen and oxygen atoms in total. The molecule has 0 bridgehead atoms. The van der Waals surface area contributed by atoms with Crippen LogP contribution in [0, 0.1) is 13.8 Å². The fourth-order valence-corrected chi connectivity index (χ4v) is 5.35. The zero-order valence-electron chi connectivity index (χ0n) is 18.4. The van der Waals surface area contributed by atoms with Crippen molar-refractivity contribution >= 4 is 44.4 Å². The van der Waals surface area contributed by atoms with Crippen molar-refractivity contribution in [3.05, 3.63) is 66.2 Å². The number of carbonyl (C=O) groups is 1. The highest BCUT2D eigenvalue weighted by molar-refractivity contribution is 8.00. The molecule has 2 aromatic heterocycles. The van der Waals surface area contributed by atoms with Crippen molar-refractivity contribution < 1.29 is 9.53 Å². The summed E-state index contributed by atoms with van der Waals surface area (Å²) >= 11 is 3.13. The van der Waals surface area contributed by atoms with E-state index in [1.54, 1.807) is 31.0 Å². The van der Waals surface area contributed by atoms with Crippen LogP contribution in [0.4, 0.5) is 5.13 Å². The predicted octanol–water partition coefficient (Wildman–Crippen LogP) is 5.33. The Morgan fingerprint density at radius 1 is 1.16 bits per heavy atom. The molecule has 8 heteroatoms. The maximum atomic E-state index is 13.3. The number of aromatic nitrogens is 3. The first-order valence-corrected chi connectivity index (χ1v) is 12.2. The second-order valence-electron chi connectivity index (χ2n) is 7.54. The van der Waals surface area contributed by atoms with Crippen LogP contribution in [0.25, 0.3) is 10.2 Å². The number of ether oxygens (including phenoxy) is 1. The summed E-state index contributed by atoms with van der Waals surface area (Å²) in [6.45, 7) is 5.57. The molecule has 166 valence electrons. The third-order valence-corrected chi connectivity index (χ3v) is 7.45. The average molecular weight is 467 g/mol. The molecule has 0 fully saturated rings. The summed E-state index contributed by atoms with van der Waals surface area (Å²) in [5.41, 5.74) is 3.31. The molecule has 0 saturated heterocycles. The Kier molecular flexibility index (Phi) is 7.12. The number of hydrogen-bond acceptors (Lipinski definition) is 6. The summed E-state index contributed by atoms with van der Waals surface area (Å²) in [4.78, 5) is 25.2. The number of carbonyl (C=O) groups excluding carboxylic acids is 1. The molecule has 1 amide bonds. The number of methoxy groups -OCH3 is 1. The van der Waals surface area contributed by atoms with E-state index in [1.165, 1.54) is 17.3 Å². The maximum absolute atomic E-state index is 13.3. The molecule has 0 radical (unpaired) electrons. The number of rotatable bonds is 9. The van der Waals surface area contributed by atoms with Crippen LogP contribution in [0.1, 0.15) is 17.5 Å². The molecule has 2 heterocycles. The molecule has 4 aromatic rings. The lowest BCUT2D eigenvalue weighted by atomic mass is 10.1. The summed E-state index contributed by atoms with van der Waals surface area (Å²) in [5, 5.41) is 0.767. The van der Waals surface area contributed by atoms with E-state index >= 15 is 0 Å². The summed E-state index contributed by atoms with van der Waals surface area (Å²) < 4.78 is 8.39. The first kappa shape index (κ1) is 22.4. The Bertz CT molecular complexity index is 1150. The molecule has 0 aliphatic heterocycles. The summed E-state index contributed by atoms with van der Waals surface area (Å²) in [7, 11) is 1.65. The number of nitrogens with zero attached hydrogens (tertiary/aromatic N) is 4. The number of thioether (sulfide) groups is 1. The third-order valence-electron chi connectivity index (χ3n) is 5.24. The van der Waals surface area contributed by atoms with E-state index < -0.39 is 0 Å². The SMILES string of the molecule is COc1ccc(SCC(=O)N(CCCn2ccnc2)c2nc3c(C)ccc(C)c3s2)cc1. The Morgan fingerprint density at radius 2 is 1.94 bits per heavy atom. The summed E-state index contributed by atoms with van der Waals surface area (Å²) in [5.74, 6) is 1.22.